The molecule has 0 spiro atoms. The molecular formula is C14H24N4. The standard InChI is InChI=1S/C14H24N4/c1-11-4-6-13(7-5-11)18(3)14-16-9-12(8-15-2)10-17-14/h9-11,13,15H,4-8H2,1-3H3. The van der Waals surface area contributed by atoms with E-state index in [1.165, 1.54) is 25.7 Å². The first-order valence-corrected chi connectivity index (χ1v) is 6.89. The highest BCUT2D eigenvalue weighted by Gasteiger charge is 2.22. The summed E-state index contributed by atoms with van der Waals surface area (Å²) in [6.07, 6.45) is 9.01. The van der Waals surface area contributed by atoms with Crippen molar-refractivity contribution < 1.29 is 0 Å². The first kappa shape index (κ1) is 13.3. The Hall–Kier alpha value is -1.16. The molecule has 0 aromatic carbocycles. The topological polar surface area (TPSA) is 41.1 Å². The van der Waals surface area contributed by atoms with Crippen LogP contribution in [-0.4, -0.2) is 30.1 Å². The van der Waals surface area contributed by atoms with Crippen molar-refractivity contribution in [2.45, 2.75) is 45.2 Å². The molecule has 1 heterocycles. The van der Waals surface area contributed by atoms with Crippen molar-refractivity contribution in [3.63, 3.8) is 0 Å². The summed E-state index contributed by atoms with van der Waals surface area (Å²) in [5, 5.41) is 3.11. The van der Waals surface area contributed by atoms with Crippen LogP contribution in [0.5, 0.6) is 0 Å². The average molecular weight is 248 g/mol. The maximum absolute atomic E-state index is 4.47. The minimum atomic E-state index is 0.608. The molecule has 0 amide bonds. The Labute approximate surface area is 110 Å². The molecular weight excluding hydrogens is 224 g/mol. The minimum absolute atomic E-state index is 0.608. The third kappa shape index (κ3) is 3.19. The van der Waals surface area contributed by atoms with Crippen molar-refractivity contribution in [1.82, 2.24) is 15.3 Å². The zero-order chi connectivity index (χ0) is 13.0. The SMILES string of the molecule is CNCc1cnc(N(C)C2CCC(C)CC2)nc1. The molecule has 1 aromatic rings. The van der Waals surface area contributed by atoms with E-state index in [2.05, 4.69) is 34.2 Å². The molecule has 0 radical (unpaired) electrons. The van der Waals surface area contributed by atoms with Crippen LogP contribution in [0, 0.1) is 5.92 Å². The van der Waals surface area contributed by atoms with E-state index in [1.54, 1.807) is 0 Å². The maximum Gasteiger partial charge on any atom is 0.225 e. The molecule has 18 heavy (non-hydrogen) atoms. The molecule has 1 saturated carbocycles. The van der Waals surface area contributed by atoms with Gasteiger partial charge in [0.25, 0.3) is 0 Å². The van der Waals surface area contributed by atoms with E-state index in [-0.39, 0.29) is 0 Å². The fourth-order valence-electron chi connectivity index (χ4n) is 2.62. The van der Waals surface area contributed by atoms with Gasteiger partial charge in [-0.3, -0.25) is 0 Å². The quantitative estimate of drug-likeness (QED) is 0.887. The highest BCUT2D eigenvalue weighted by atomic mass is 15.2. The fraction of sp³-hybridized carbons (Fsp3) is 0.714. The van der Waals surface area contributed by atoms with Crippen molar-refractivity contribution >= 4 is 5.95 Å². The van der Waals surface area contributed by atoms with Gasteiger partial charge >= 0.3 is 0 Å². The molecule has 0 aliphatic heterocycles. The van der Waals surface area contributed by atoms with Gasteiger partial charge in [0.1, 0.15) is 0 Å². The van der Waals surface area contributed by atoms with Crippen molar-refractivity contribution in [1.29, 1.82) is 0 Å². The lowest BCUT2D eigenvalue weighted by molar-refractivity contribution is 0.339. The molecule has 4 nitrogen and oxygen atoms in total. The molecule has 100 valence electrons. The number of rotatable bonds is 4. The van der Waals surface area contributed by atoms with Crippen LogP contribution in [0.25, 0.3) is 0 Å². The molecule has 0 bridgehead atoms. The van der Waals surface area contributed by atoms with Crippen molar-refractivity contribution in [2.75, 3.05) is 19.0 Å². The second-order valence-corrected chi connectivity index (χ2v) is 5.45. The van der Waals surface area contributed by atoms with Crippen molar-refractivity contribution in [2.24, 2.45) is 5.92 Å². The zero-order valence-corrected chi connectivity index (χ0v) is 11.7. The minimum Gasteiger partial charge on any atom is -0.341 e. The summed E-state index contributed by atoms with van der Waals surface area (Å²) < 4.78 is 0. The Morgan fingerprint density at radius 2 is 1.83 bits per heavy atom. The number of aromatic nitrogens is 2. The molecule has 4 heteroatoms. The molecule has 0 atom stereocenters. The summed E-state index contributed by atoms with van der Waals surface area (Å²) in [7, 11) is 4.05. The molecule has 2 rings (SSSR count). The third-order valence-electron chi connectivity index (χ3n) is 3.92. The summed E-state index contributed by atoms with van der Waals surface area (Å²) in [4.78, 5) is 11.2. The summed E-state index contributed by atoms with van der Waals surface area (Å²) >= 11 is 0. The van der Waals surface area contributed by atoms with E-state index in [1.807, 2.05) is 19.4 Å². The van der Waals surface area contributed by atoms with E-state index in [4.69, 9.17) is 0 Å². The number of anilines is 1. The van der Waals surface area contributed by atoms with E-state index in [0.29, 0.717) is 6.04 Å². The summed E-state index contributed by atoms with van der Waals surface area (Å²) in [6, 6.07) is 0.608. The van der Waals surface area contributed by atoms with Crippen LogP contribution in [0.2, 0.25) is 0 Å². The van der Waals surface area contributed by atoms with Gasteiger partial charge in [-0.15, -0.1) is 0 Å². The molecule has 1 N–H and O–H groups in total. The average Bonchev–Trinajstić information content (AvgIpc) is 2.40. The largest absolute Gasteiger partial charge is 0.341 e. The van der Waals surface area contributed by atoms with Gasteiger partial charge in [-0.05, 0) is 38.6 Å². The van der Waals surface area contributed by atoms with Crippen LogP contribution in [0.4, 0.5) is 5.95 Å². The van der Waals surface area contributed by atoms with Crippen LogP contribution in [0.1, 0.15) is 38.2 Å². The second-order valence-electron chi connectivity index (χ2n) is 5.45. The van der Waals surface area contributed by atoms with Gasteiger partial charge < -0.3 is 10.2 Å². The van der Waals surface area contributed by atoms with Gasteiger partial charge in [0.2, 0.25) is 5.95 Å². The number of hydrogen-bond acceptors (Lipinski definition) is 4. The predicted octanol–water partition coefficient (Wildman–Crippen LogP) is 2.21. The first-order valence-electron chi connectivity index (χ1n) is 6.89. The predicted molar refractivity (Wildman–Crippen MR) is 74.6 cm³/mol. The van der Waals surface area contributed by atoms with Gasteiger partial charge in [-0.25, -0.2) is 9.97 Å². The summed E-state index contributed by atoms with van der Waals surface area (Å²) in [5.74, 6) is 1.74. The molecule has 0 saturated heterocycles. The van der Waals surface area contributed by atoms with Crippen LogP contribution in [0.15, 0.2) is 12.4 Å². The van der Waals surface area contributed by atoms with Crippen molar-refractivity contribution in [3.8, 4) is 0 Å². The maximum atomic E-state index is 4.47. The Morgan fingerprint density at radius 1 is 1.22 bits per heavy atom. The molecule has 1 aliphatic rings. The van der Waals surface area contributed by atoms with Crippen LogP contribution in [0.3, 0.4) is 0 Å². The van der Waals surface area contributed by atoms with Crippen LogP contribution >= 0.6 is 0 Å². The smallest absolute Gasteiger partial charge is 0.225 e. The van der Waals surface area contributed by atoms with Crippen LogP contribution < -0.4 is 10.2 Å². The first-order chi connectivity index (χ1) is 8.70. The Bertz CT molecular complexity index is 355. The Balaban J connectivity index is 1.97. The van der Waals surface area contributed by atoms with Gasteiger partial charge in [0.05, 0.1) is 0 Å². The van der Waals surface area contributed by atoms with Gasteiger partial charge in [0, 0.05) is 37.6 Å². The zero-order valence-electron chi connectivity index (χ0n) is 11.7. The lowest BCUT2D eigenvalue weighted by Crippen LogP contribution is -2.35. The molecule has 1 aromatic heterocycles. The number of nitrogens with zero attached hydrogens (tertiary/aromatic N) is 3. The Morgan fingerprint density at radius 3 is 2.39 bits per heavy atom. The van der Waals surface area contributed by atoms with E-state index in [0.717, 1.165) is 24.0 Å². The highest BCUT2D eigenvalue weighted by Crippen LogP contribution is 2.27. The van der Waals surface area contributed by atoms with Gasteiger partial charge in [0.15, 0.2) is 0 Å². The van der Waals surface area contributed by atoms with Crippen molar-refractivity contribution in [3.05, 3.63) is 18.0 Å². The van der Waals surface area contributed by atoms with Gasteiger partial charge in [-0.1, -0.05) is 6.92 Å². The van der Waals surface area contributed by atoms with Gasteiger partial charge in [-0.2, -0.15) is 0 Å². The number of hydrogen-bond donors (Lipinski definition) is 1. The lowest BCUT2D eigenvalue weighted by Gasteiger charge is -2.33. The lowest BCUT2D eigenvalue weighted by atomic mass is 9.87. The summed E-state index contributed by atoms with van der Waals surface area (Å²) in [5.41, 5.74) is 1.13. The molecule has 0 unspecified atom stereocenters. The fourth-order valence-corrected chi connectivity index (χ4v) is 2.62. The molecule has 1 fully saturated rings. The number of nitrogens with one attached hydrogen (secondary N) is 1. The van der Waals surface area contributed by atoms with E-state index >= 15 is 0 Å². The Kier molecular flexibility index (Phi) is 4.53. The van der Waals surface area contributed by atoms with E-state index in [9.17, 15) is 0 Å². The van der Waals surface area contributed by atoms with Crippen LogP contribution in [-0.2, 0) is 6.54 Å². The highest BCUT2D eigenvalue weighted by molar-refractivity contribution is 5.30. The van der Waals surface area contributed by atoms with E-state index < -0.39 is 0 Å². The monoisotopic (exact) mass is 248 g/mol. The third-order valence-corrected chi connectivity index (χ3v) is 3.92. The second kappa shape index (κ2) is 6.14. The molecule has 1 aliphatic carbocycles. The summed E-state index contributed by atoms with van der Waals surface area (Å²) in [6.45, 7) is 3.17. The normalized spacial score (nSPS) is 23.9.